The lowest BCUT2D eigenvalue weighted by atomic mass is 10.1. The molecule has 0 atom stereocenters. The molecule has 150 valence electrons. The van der Waals surface area contributed by atoms with E-state index in [0.29, 0.717) is 12.3 Å². The Bertz CT molecular complexity index is 801. The Labute approximate surface area is 166 Å². The monoisotopic (exact) mass is 385 g/mol. The Morgan fingerprint density at radius 3 is 2.36 bits per heavy atom. The molecule has 0 aromatic heterocycles. The van der Waals surface area contributed by atoms with Crippen LogP contribution in [0.25, 0.3) is 0 Å². The molecule has 0 unspecified atom stereocenters. The van der Waals surface area contributed by atoms with Crippen LogP contribution in [0.4, 0.5) is 0 Å². The first-order valence-electron chi connectivity index (χ1n) is 9.10. The van der Waals surface area contributed by atoms with Crippen LogP contribution in [0.3, 0.4) is 0 Å². The summed E-state index contributed by atoms with van der Waals surface area (Å²) in [6.07, 6.45) is 0.127. The largest absolute Gasteiger partial charge is 0.497 e. The molecule has 0 aliphatic rings. The summed E-state index contributed by atoms with van der Waals surface area (Å²) in [6.45, 7) is 4.44. The zero-order valence-corrected chi connectivity index (χ0v) is 16.9. The van der Waals surface area contributed by atoms with E-state index in [-0.39, 0.29) is 31.4 Å². The number of aryl methyl sites for hydroxylation is 2. The lowest BCUT2D eigenvalue weighted by molar-refractivity contribution is -0.142. The average Bonchev–Trinajstić information content (AvgIpc) is 2.71. The van der Waals surface area contributed by atoms with Gasteiger partial charge in [0.15, 0.2) is 6.61 Å². The molecule has 0 aliphatic heterocycles. The summed E-state index contributed by atoms with van der Waals surface area (Å²) in [5.41, 5.74) is 2.97. The van der Waals surface area contributed by atoms with Gasteiger partial charge >= 0.3 is 5.97 Å². The van der Waals surface area contributed by atoms with Gasteiger partial charge in [0.2, 0.25) is 0 Å². The molecule has 2 aromatic carbocycles. The SMILES string of the molecule is COC(=O)CCN(Cc1ccc(OC)cc1)C(=O)COc1cc(C)ccc1C. The zero-order chi connectivity index (χ0) is 20.5. The van der Waals surface area contributed by atoms with E-state index in [1.165, 1.54) is 7.11 Å². The summed E-state index contributed by atoms with van der Waals surface area (Å²) in [6, 6.07) is 13.3. The van der Waals surface area contributed by atoms with Gasteiger partial charge in [0.1, 0.15) is 11.5 Å². The van der Waals surface area contributed by atoms with Gasteiger partial charge in [-0.2, -0.15) is 0 Å². The number of rotatable bonds is 9. The number of esters is 1. The molecular weight excluding hydrogens is 358 g/mol. The van der Waals surface area contributed by atoms with Gasteiger partial charge in [-0.05, 0) is 48.7 Å². The number of carbonyl (C=O) groups excluding carboxylic acids is 2. The van der Waals surface area contributed by atoms with Crippen molar-refractivity contribution in [2.75, 3.05) is 27.4 Å². The van der Waals surface area contributed by atoms with Crippen molar-refractivity contribution >= 4 is 11.9 Å². The highest BCUT2D eigenvalue weighted by Crippen LogP contribution is 2.19. The van der Waals surface area contributed by atoms with Crippen molar-refractivity contribution in [2.45, 2.75) is 26.8 Å². The lowest BCUT2D eigenvalue weighted by Gasteiger charge is -2.23. The maximum Gasteiger partial charge on any atom is 0.307 e. The first-order chi connectivity index (χ1) is 13.4. The Morgan fingerprint density at radius 1 is 1.00 bits per heavy atom. The van der Waals surface area contributed by atoms with Gasteiger partial charge in [0.25, 0.3) is 5.91 Å². The summed E-state index contributed by atoms with van der Waals surface area (Å²) in [4.78, 5) is 25.9. The number of carbonyl (C=O) groups is 2. The molecular formula is C22H27NO5. The quantitative estimate of drug-likeness (QED) is 0.620. The normalized spacial score (nSPS) is 10.3. The number of hydrogen-bond donors (Lipinski definition) is 0. The van der Waals surface area contributed by atoms with E-state index in [0.717, 1.165) is 22.4 Å². The van der Waals surface area contributed by atoms with Crippen molar-refractivity contribution in [2.24, 2.45) is 0 Å². The highest BCUT2D eigenvalue weighted by Gasteiger charge is 2.17. The van der Waals surface area contributed by atoms with Crippen molar-refractivity contribution in [3.8, 4) is 11.5 Å². The van der Waals surface area contributed by atoms with Crippen molar-refractivity contribution in [1.82, 2.24) is 4.90 Å². The van der Waals surface area contributed by atoms with Gasteiger partial charge in [-0.3, -0.25) is 9.59 Å². The van der Waals surface area contributed by atoms with E-state index in [2.05, 4.69) is 0 Å². The van der Waals surface area contributed by atoms with Crippen LogP contribution >= 0.6 is 0 Å². The first kappa shape index (κ1) is 21.3. The lowest BCUT2D eigenvalue weighted by Crippen LogP contribution is -2.36. The third kappa shape index (κ3) is 6.30. The van der Waals surface area contributed by atoms with Crippen LogP contribution in [0.5, 0.6) is 11.5 Å². The molecule has 0 saturated carbocycles. The summed E-state index contributed by atoms with van der Waals surface area (Å²) in [5, 5.41) is 0. The zero-order valence-electron chi connectivity index (χ0n) is 16.9. The van der Waals surface area contributed by atoms with Crippen molar-refractivity contribution in [3.05, 3.63) is 59.2 Å². The molecule has 0 N–H and O–H groups in total. The Balaban J connectivity index is 2.06. The second-order valence-corrected chi connectivity index (χ2v) is 6.55. The molecule has 6 heteroatoms. The van der Waals surface area contributed by atoms with Gasteiger partial charge in [-0.1, -0.05) is 24.3 Å². The van der Waals surface area contributed by atoms with Gasteiger partial charge < -0.3 is 19.1 Å². The minimum Gasteiger partial charge on any atom is -0.497 e. The molecule has 0 radical (unpaired) electrons. The number of nitrogens with zero attached hydrogens (tertiary/aromatic N) is 1. The molecule has 0 spiro atoms. The summed E-state index contributed by atoms with van der Waals surface area (Å²) in [5.74, 6) is 0.878. The number of amides is 1. The predicted molar refractivity (Wildman–Crippen MR) is 106 cm³/mol. The summed E-state index contributed by atoms with van der Waals surface area (Å²) in [7, 11) is 2.94. The molecule has 2 aromatic rings. The number of methoxy groups -OCH3 is 2. The minimum absolute atomic E-state index is 0.0956. The highest BCUT2D eigenvalue weighted by molar-refractivity contribution is 5.78. The van der Waals surface area contributed by atoms with Crippen LogP contribution < -0.4 is 9.47 Å². The smallest absolute Gasteiger partial charge is 0.307 e. The van der Waals surface area contributed by atoms with Crippen LogP contribution in [-0.2, 0) is 20.9 Å². The van der Waals surface area contributed by atoms with E-state index >= 15 is 0 Å². The third-order valence-corrected chi connectivity index (χ3v) is 4.39. The molecule has 0 bridgehead atoms. The van der Waals surface area contributed by atoms with E-state index in [1.54, 1.807) is 12.0 Å². The molecule has 0 saturated heterocycles. The fraction of sp³-hybridized carbons (Fsp3) is 0.364. The van der Waals surface area contributed by atoms with E-state index < -0.39 is 0 Å². The van der Waals surface area contributed by atoms with Crippen LogP contribution in [0.15, 0.2) is 42.5 Å². The number of ether oxygens (including phenoxy) is 3. The minimum atomic E-state index is -0.358. The van der Waals surface area contributed by atoms with Crippen LogP contribution in [0.1, 0.15) is 23.1 Å². The summed E-state index contributed by atoms with van der Waals surface area (Å²) < 4.78 is 15.6. The highest BCUT2D eigenvalue weighted by atomic mass is 16.5. The first-order valence-corrected chi connectivity index (χ1v) is 9.10. The van der Waals surface area contributed by atoms with Crippen molar-refractivity contribution in [1.29, 1.82) is 0 Å². The molecule has 1 amide bonds. The molecule has 0 aliphatic carbocycles. The van der Waals surface area contributed by atoms with E-state index in [1.807, 2.05) is 56.3 Å². The Hall–Kier alpha value is -3.02. The molecule has 2 rings (SSSR count). The van der Waals surface area contributed by atoms with Gasteiger partial charge in [0.05, 0.1) is 20.6 Å². The van der Waals surface area contributed by atoms with Crippen LogP contribution in [0, 0.1) is 13.8 Å². The fourth-order valence-corrected chi connectivity index (χ4v) is 2.67. The Morgan fingerprint density at radius 2 is 1.71 bits per heavy atom. The fourth-order valence-electron chi connectivity index (χ4n) is 2.67. The number of benzene rings is 2. The second-order valence-electron chi connectivity index (χ2n) is 6.55. The third-order valence-electron chi connectivity index (χ3n) is 4.39. The van der Waals surface area contributed by atoms with Gasteiger partial charge in [-0.15, -0.1) is 0 Å². The van der Waals surface area contributed by atoms with Crippen molar-refractivity contribution < 1.29 is 23.8 Å². The predicted octanol–water partition coefficient (Wildman–Crippen LogP) is 3.28. The molecule has 0 heterocycles. The van der Waals surface area contributed by atoms with E-state index in [4.69, 9.17) is 14.2 Å². The van der Waals surface area contributed by atoms with Crippen LogP contribution in [0.2, 0.25) is 0 Å². The number of hydrogen-bond acceptors (Lipinski definition) is 5. The van der Waals surface area contributed by atoms with Gasteiger partial charge in [-0.25, -0.2) is 0 Å². The molecule has 0 fully saturated rings. The maximum atomic E-state index is 12.8. The molecule has 6 nitrogen and oxygen atoms in total. The van der Waals surface area contributed by atoms with Gasteiger partial charge in [0, 0.05) is 13.1 Å². The standard InChI is InChI=1S/C22H27NO5/c1-16-5-6-17(2)20(13-16)28-15-21(24)23(12-11-22(25)27-4)14-18-7-9-19(26-3)10-8-18/h5-10,13H,11-12,14-15H2,1-4H3. The van der Waals surface area contributed by atoms with Crippen LogP contribution in [-0.4, -0.2) is 44.1 Å². The second kappa shape index (κ2) is 10.3. The van der Waals surface area contributed by atoms with Crippen molar-refractivity contribution in [3.63, 3.8) is 0 Å². The molecule has 28 heavy (non-hydrogen) atoms. The average molecular weight is 385 g/mol. The maximum absolute atomic E-state index is 12.8. The Kier molecular flexibility index (Phi) is 7.87. The van der Waals surface area contributed by atoms with E-state index in [9.17, 15) is 9.59 Å². The topological polar surface area (TPSA) is 65.1 Å². The summed E-state index contributed by atoms with van der Waals surface area (Å²) >= 11 is 0.